The van der Waals surface area contributed by atoms with Crippen LogP contribution in [0.4, 0.5) is 0 Å². The van der Waals surface area contributed by atoms with Crippen LogP contribution in [0.1, 0.15) is 20.8 Å². The summed E-state index contributed by atoms with van der Waals surface area (Å²) in [4.78, 5) is 0. The van der Waals surface area contributed by atoms with E-state index in [4.69, 9.17) is 4.74 Å². The lowest BCUT2D eigenvalue weighted by Crippen LogP contribution is -1.99. The minimum atomic E-state index is 0.219. The van der Waals surface area contributed by atoms with Crippen LogP contribution in [0.15, 0.2) is 23.8 Å². The third-order valence-electron chi connectivity index (χ3n) is 1.30. The fourth-order valence-electron chi connectivity index (χ4n) is 0.757. The van der Waals surface area contributed by atoms with Crippen molar-refractivity contribution in [3.05, 3.63) is 23.8 Å². The minimum Gasteiger partial charge on any atom is -0.378 e. The SMILES string of the molecule is C/C=C\C(C)=C/C(C)OC. The van der Waals surface area contributed by atoms with Gasteiger partial charge in [-0.2, -0.15) is 0 Å². The number of methoxy groups -OCH3 is 1. The summed E-state index contributed by atoms with van der Waals surface area (Å²) >= 11 is 0. The molecule has 1 heteroatoms. The van der Waals surface area contributed by atoms with Crippen molar-refractivity contribution in [2.24, 2.45) is 0 Å². The summed E-state index contributed by atoms with van der Waals surface area (Å²) < 4.78 is 5.06. The van der Waals surface area contributed by atoms with E-state index in [-0.39, 0.29) is 6.10 Å². The predicted octanol–water partition coefficient (Wildman–Crippen LogP) is 2.54. The van der Waals surface area contributed by atoms with E-state index < -0.39 is 0 Å². The molecule has 0 amide bonds. The smallest absolute Gasteiger partial charge is 0.0729 e. The zero-order valence-electron chi connectivity index (χ0n) is 7.22. The highest BCUT2D eigenvalue weighted by molar-refractivity contribution is 5.16. The maximum atomic E-state index is 5.06. The van der Waals surface area contributed by atoms with Crippen LogP contribution in [0.25, 0.3) is 0 Å². The van der Waals surface area contributed by atoms with Gasteiger partial charge in [0.25, 0.3) is 0 Å². The molecule has 1 atom stereocenters. The van der Waals surface area contributed by atoms with Crippen molar-refractivity contribution in [3.8, 4) is 0 Å². The van der Waals surface area contributed by atoms with E-state index >= 15 is 0 Å². The third kappa shape index (κ3) is 4.33. The third-order valence-corrected chi connectivity index (χ3v) is 1.30. The molecule has 0 aromatic heterocycles. The number of hydrogen-bond donors (Lipinski definition) is 0. The summed E-state index contributed by atoms with van der Waals surface area (Å²) in [5.41, 5.74) is 1.25. The number of allylic oxidation sites excluding steroid dienone is 3. The summed E-state index contributed by atoms with van der Waals surface area (Å²) in [5.74, 6) is 0. The van der Waals surface area contributed by atoms with Gasteiger partial charge in [-0.05, 0) is 20.8 Å². The van der Waals surface area contributed by atoms with Gasteiger partial charge in [0, 0.05) is 7.11 Å². The van der Waals surface area contributed by atoms with E-state index in [2.05, 4.69) is 19.1 Å². The van der Waals surface area contributed by atoms with Crippen LogP contribution >= 0.6 is 0 Å². The van der Waals surface area contributed by atoms with Crippen LogP contribution in [0, 0.1) is 0 Å². The highest BCUT2D eigenvalue weighted by Gasteiger charge is 1.91. The summed E-state index contributed by atoms with van der Waals surface area (Å²) in [6.07, 6.45) is 6.39. The zero-order chi connectivity index (χ0) is 7.98. The van der Waals surface area contributed by atoms with Gasteiger partial charge in [0.2, 0.25) is 0 Å². The average molecular weight is 140 g/mol. The van der Waals surface area contributed by atoms with Gasteiger partial charge in [-0.15, -0.1) is 0 Å². The molecule has 0 aliphatic heterocycles. The Balaban J connectivity index is 3.89. The standard InChI is InChI=1S/C9H16O/c1-5-6-8(2)7-9(3)10-4/h5-7,9H,1-4H3/b6-5-,8-7-. The first-order valence-corrected chi connectivity index (χ1v) is 3.54. The summed E-state index contributed by atoms with van der Waals surface area (Å²) in [6, 6.07) is 0. The maximum Gasteiger partial charge on any atom is 0.0729 e. The highest BCUT2D eigenvalue weighted by Crippen LogP contribution is 1.99. The highest BCUT2D eigenvalue weighted by atomic mass is 16.5. The van der Waals surface area contributed by atoms with Crippen molar-refractivity contribution < 1.29 is 4.74 Å². The van der Waals surface area contributed by atoms with Crippen molar-refractivity contribution in [1.82, 2.24) is 0 Å². The minimum absolute atomic E-state index is 0.219. The van der Waals surface area contributed by atoms with E-state index in [0.717, 1.165) is 0 Å². The Hall–Kier alpha value is -0.560. The van der Waals surface area contributed by atoms with Gasteiger partial charge in [0.15, 0.2) is 0 Å². The quantitative estimate of drug-likeness (QED) is 0.547. The van der Waals surface area contributed by atoms with Gasteiger partial charge in [-0.1, -0.05) is 23.8 Å². The van der Waals surface area contributed by atoms with Crippen LogP contribution in [0.3, 0.4) is 0 Å². The Morgan fingerprint density at radius 1 is 1.50 bits per heavy atom. The van der Waals surface area contributed by atoms with Crippen LogP contribution in [0.2, 0.25) is 0 Å². The molecule has 10 heavy (non-hydrogen) atoms. The normalized spacial score (nSPS) is 16.2. The second kappa shape index (κ2) is 5.24. The molecule has 0 spiro atoms. The van der Waals surface area contributed by atoms with Crippen molar-refractivity contribution in [2.75, 3.05) is 7.11 Å². The molecule has 1 unspecified atom stereocenters. The molecular formula is C9H16O. The molecule has 0 aliphatic carbocycles. The molecule has 0 rings (SSSR count). The average Bonchev–Trinajstić information content (AvgIpc) is 1.88. The maximum absolute atomic E-state index is 5.06. The second-order valence-electron chi connectivity index (χ2n) is 2.35. The fourth-order valence-corrected chi connectivity index (χ4v) is 0.757. The number of ether oxygens (including phenoxy) is 1. The van der Waals surface area contributed by atoms with E-state index in [0.29, 0.717) is 0 Å². The lowest BCUT2D eigenvalue weighted by atomic mass is 10.2. The van der Waals surface area contributed by atoms with E-state index in [9.17, 15) is 0 Å². The first kappa shape index (κ1) is 9.44. The molecular weight excluding hydrogens is 124 g/mol. The Morgan fingerprint density at radius 2 is 2.10 bits per heavy atom. The van der Waals surface area contributed by atoms with Crippen molar-refractivity contribution in [3.63, 3.8) is 0 Å². The lowest BCUT2D eigenvalue weighted by Gasteiger charge is -2.02. The molecule has 58 valence electrons. The number of rotatable bonds is 3. The predicted molar refractivity (Wildman–Crippen MR) is 45.0 cm³/mol. The molecule has 0 bridgehead atoms. The molecule has 0 heterocycles. The topological polar surface area (TPSA) is 9.23 Å². The monoisotopic (exact) mass is 140 g/mol. The first-order chi connectivity index (χ1) is 4.70. The summed E-state index contributed by atoms with van der Waals surface area (Å²) in [6.45, 7) is 6.09. The molecule has 0 saturated heterocycles. The Labute approximate surface area is 63.4 Å². The van der Waals surface area contributed by atoms with E-state index in [1.807, 2.05) is 19.9 Å². The van der Waals surface area contributed by atoms with Gasteiger partial charge in [0.05, 0.1) is 6.10 Å². The lowest BCUT2D eigenvalue weighted by molar-refractivity contribution is 0.156. The molecule has 0 radical (unpaired) electrons. The molecule has 0 N–H and O–H groups in total. The largest absolute Gasteiger partial charge is 0.378 e. The summed E-state index contributed by atoms with van der Waals surface area (Å²) in [5, 5.41) is 0. The van der Waals surface area contributed by atoms with Crippen LogP contribution in [0.5, 0.6) is 0 Å². The van der Waals surface area contributed by atoms with Crippen molar-refractivity contribution in [2.45, 2.75) is 26.9 Å². The van der Waals surface area contributed by atoms with Crippen molar-refractivity contribution >= 4 is 0 Å². The Kier molecular flexibility index (Phi) is 4.95. The van der Waals surface area contributed by atoms with Crippen molar-refractivity contribution in [1.29, 1.82) is 0 Å². The van der Waals surface area contributed by atoms with E-state index in [1.54, 1.807) is 7.11 Å². The van der Waals surface area contributed by atoms with E-state index in [1.165, 1.54) is 5.57 Å². The van der Waals surface area contributed by atoms with Gasteiger partial charge in [-0.3, -0.25) is 0 Å². The van der Waals surface area contributed by atoms with Gasteiger partial charge in [0.1, 0.15) is 0 Å². The molecule has 0 aromatic rings. The second-order valence-corrected chi connectivity index (χ2v) is 2.35. The fraction of sp³-hybridized carbons (Fsp3) is 0.556. The number of hydrogen-bond acceptors (Lipinski definition) is 1. The van der Waals surface area contributed by atoms with Gasteiger partial charge < -0.3 is 4.74 Å². The van der Waals surface area contributed by atoms with Crippen LogP contribution in [-0.2, 0) is 4.74 Å². The molecule has 0 aliphatic rings. The summed E-state index contributed by atoms with van der Waals surface area (Å²) in [7, 11) is 1.71. The van der Waals surface area contributed by atoms with Crippen LogP contribution in [-0.4, -0.2) is 13.2 Å². The van der Waals surface area contributed by atoms with Gasteiger partial charge >= 0.3 is 0 Å². The zero-order valence-corrected chi connectivity index (χ0v) is 7.22. The van der Waals surface area contributed by atoms with Gasteiger partial charge in [-0.25, -0.2) is 0 Å². The molecule has 1 nitrogen and oxygen atoms in total. The Bertz CT molecular complexity index is 134. The van der Waals surface area contributed by atoms with Crippen LogP contribution < -0.4 is 0 Å². The Morgan fingerprint density at radius 3 is 2.50 bits per heavy atom. The molecule has 0 fully saturated rings. The first-order valence-electron chi connectivity index (χ1n) is 3.54. The molecule has 0 saturated carbocycles. The molecule has 0 aromatic carbocycles.